The highest BCUT2D eigenvalue weighted by Gasteiger charge is 2.21. The van der Waals surface area contributed by atoms with Gasteiger partial charge in [-0.2, -0.15) is 0 Å². The summed E-state index contributed by atoms with van der Waals surface area (Å²) in [6, 6.07) is 13.2. The summed E-state index contributed by atoms with van der Waals surface area (Å²) < 4.78 is 12.0. The standard InChI is InChI=1S/C20H22N4O3/c1-13-9-14(2)11-15(10-13)21-20(25)19-18(12-26-3)24(23-22-19)16-5-7-17(27-4)8-6-16/h5-11H,12H2,1-4H3,(H,21,25). The zero-order valence-corrected chi connectivity index (χ0v) is 15.8. The third kappa shape index (κ3) is 4.15. The largest absolute Gasteiger partial charge is 0.497 e. The van der Waals surface area contributed by atoms with E-state index in [2.05, 4.69) is 15.6 Å². The highest BCUT2D eigenvalue weighted by atomic mass is 16.5. The van der Waals surface area contributed by atoms with Gasteiger partial charge in [-0.1, -0.05) is 11.3 Å². The van der Waals surface area contributed by atoms with Crippen molar-refractivity contribution in [2.45, 2.75) is 20.5 Å². The molecule has 3 rings (SSSR count). The van der Waals surface area contributed by atoms with Gasteiger partial charge in [0, 0.05) is 12.8 Å². The van der Waals surface area contributed by atoms with E-state index in [1.807, 2.05) is 56.3 Å². The van der Waals surface area contributed by atoms with Crippen LogP contribution in [-0.2, 0) is 11.3 Å². The molecule has 27 heavy (non-hydrogen) atoms. The number of hydrogen-bond acceptors (Lipinski definition) is 5. The molecule has 1 aromatic heterocycles. The summed E-state index contributed by atoms with van der Waals surface area (Å²) in [5, 5.41) is 11.1. The van der Waals surface area contributed by atoms with E-state index in [-0.39, 0.29) is 18.2 Å². The molecule has 7 nitrogen and oxygen atoms in total. The Balaban J connectivity index is 1.92. The summed E-state index contributed by atoms with van der Waals surface area (Å²) in [6.45, 7) is 4.17. The first-order valence-corrected chi connectivity index (χ1v) is 8.49. The second-order valence-corrected chi connectivity index (χ2v) is 6.26. The Hall–Kier alpha value is -3.19. The number of methoxy groups -OCH3 is 2. The number of hydrogen-bond donors (Lipinski definition) is 1. The van der Waals surface area contributed by atoms with Crippen molar-refractivity contribution in [3.8, 4) is 11.4 Å². The lowest BCUT2D eigenvalue weighted by Gasteiger charge is -2.09. The van der Waals surface area contributed by atoms with Crippen molar-refractivity contribution in [1.82, 2.24) is 15.0 Å². The molecule has 140 valence electrons. The molecular formula is C20H22N4O3. The number of benzene rings is 2. The first kappa shape index (κ1) is 18.6. The molecule has 7 heteroatoms. The summed E-state index contributed by atoms with van der Waals surface area (Å²) >= 11 is 0. The zero-order chi connectivity index (χ0) is 19.4. The number of nitrogens with one attached hydrogen (secondary N) is 1. The van der Waals surface area contributed by atoms with Crippen LogP contribution in [0.25, 0.3) is 5.69 Å². The van der Waals surface area contributed by atoms with Gasteiger partial charge in [-0.25, -0.2) is 4.68 Å². The van der Waals surface area contributed by atoms with Gasteiger partial charge in [-0.05, 0) is 61.4 Å². The van der Waals surface area contributed by atoms with Crippen molar-refractivity contribution in [3.05, 3.63) is 65.0 Å². The maximum atomic E-state index is 12.8. The Kier molecular flexibility index (Phi) is 5.52. The minimum atomic E-state index is -0.327. The number of carbonyl (C=O) groups is 1. The lowest BCUT2D eigenvalue weighted by atomic mass is 10.1. The van der Waals surface area contributed by atoms with Gasteiger partial charge in [0.2, 0.25) is 0 Å². The summed E-state index contributed by atoms with van der Waals surface area (Å²) in [6.07, 6.45) is 0. The molecule has 0 aliphatic carbocycles. The van der Waals surface area contributed by atoms with Crippen LogP contribution >= 0.6 is 0 Å². The van der Waals surface area contributed by atoms with Crippen LogP contribution in [0.3, 0.4) is 0 Å². The number of rotatable bonds is 6. The topological polar surface area (TPSA) is 78.3 Å². The lowest BCUT2D eigenvalue weighted by Crippen LogP contribution is -2.16. The molecule has 0 fully saturated rings. The van der Waals surface area contributed by atoms with Crippen molar-refractivity contribution < 1.29 is 14.3 Å². The Morgan fingerprint density at radius 3 is 2.33 bits per heavy atom. The fraction of sp³-hybridized carbons (Fsp3) is 0.250. The summed E-state index contributed by atoms with van der Waals surface area (Å²) in [5.74, 6) is 0.409. The zero-order valence-electron chi connectivity index (χ0n) is 15.8. The first-order chi connectivity index (χ1) is 13.0. The molecule has 1 amide bonds. The maximum absolute atomic E-state index is 12.8. The highest BCUT2D eigenvalue weighted by Crippen LogP contribution is 2.20. The summed E-state index contributed by atoms with van der Waals surface area (Å²) in [5.41, 5.74) is 4.44. The predicted molar refractivity (Wildman–Crippen MR) is 102 cm³/mol. The van der Waals surface area contributed by atoms with Crippen molar-refractivity contribution in [2.24, 2.45) is 0 Å². The normalized spacial score (nSPS) is 10.7. The molecule has 0 aliphatic rings. The predicted octanol–water partition coefficient (Wildman–Crippen LogP) is 3.29. The third-order valence-electron chi connectivity index (χ3n) is 4.06. The van der Waals surface area contributed by atoms with Crippen LogP contribution in [0.1, 0.15) is 27.3 Å². The molecule has 0 unspecified atom stereocenters. The fourth-order valence-electron chi connectivity index (χ4n) is 2.91. The van der Waals surface area contributed by atoms with Crippen molar-refractivity contribution in [3.63, 3.8) is 0 Å². The number of nitrogens with zero attached hydrogens (tertiary/aromatic N) is 3. The van der Waals surface area contributed by atoms with E-state index >= 15 is 0 Å². The van der Waals surface area contributed by atoms with Gasteiger partial charge < -0.3 is 14.8 Å². The van der Waals surface area contributed by atoms with Crippen molar-refractivity contribution >= 4 is 11.6 Å². The molecule has 0 radical (unpaired) electrons. The van der Waals surface area contributed by atoms with Crippen LogP contribution in [0.5, 0.6) is 5.75 Å². The van der Waals surface area contributed by atoms with Crippen molar-refractivity contribution in [2.75, 3.05) is 19.5 Å². The highest BCUT2D eigenvalue weighted by molar-refractivity contribution is 6.03. The van der Waals surface area contributed by atoms with E-state index in [0.717, 1.165) is 28.3 Å². The lowest BCUT2D eigenvalue weighted by molar-refractivity contribution is 0.101. The maximum Gasteiger partial charge on any atom is 0.278 e. The number of aryl methyl sites for hydroxylation is 2. The van der Waals surface area contributed by atoms with Gasteiger partial charge in [0.25, 0.3) is 5.91 Å². The van der Waals surface area contributed by atoms with E-state index in [1.54, 1.807) is 18.9 Å². The number of ether oxygens (including phenoxy) is 2. The molecule has 3 aromatic rings. The molecule has 0 spiro atoms. The molecule has 0 saturated carbocycles. The number of carbonyl (C=O) groups excluding carboxylic acids is 1. The average molecular weight is 366 g/mol. The van der Waals surface area contributed by atoms with Gasteiger partial charge in [0.05, 0.1) is 19.4 Å². The monoisotopic (exact) mass is 366 g/mol. The van der Waals surface area contributed by atoms with E-state index < -0.39 is 0 Å². The molecule has 1 N–H and O–H groups in total. The van der Waals surface area contributed by atoms with Crippen molar-refractivity contribution in [1.29, 1.82) is 0 Å². The third-order valence-corrected chi connectivity index (χ3v) is 4.06. The summed E-state index contributed by atoms with van der Waals surface area (Å²) in [4.78, 5) is 12.8. The van der Waals surface area contributed by atoms with E-state index in [9.17, 15) is 4.79 Å². The molecule has 0 bridgehead atoms. The second-order valence-electron chi connectivity index (χ2n) is 6.26. The second kappa shape index (κ2) is 8.01. The summed E-state index contributed by atoms with van der Waals surface area (Å²) in [7, 11) is 3.17. The van der Waals surface area contributed by atoms with Gasteiger partial charge >= 0.3 is 0 Å². The Labute approximate surface area is 157 Å². The molecule has 0 saturated heterocycles. The van der Waals surface area contributed by atoms with Crippen LogP contribution in [0.2, 0.25) is 0 Å². The molecule has 2 aromatic carbocycles. The van der Waals surface area contributed by atoms with Gasteiger partial charge in [0.15, 0.2) is 5.69 Å². The first-order valence-electron chi connectivity index (χ1n) is 8.49. The Morgan fingerprint density at radius 1 is 1.07 bits per heavy atom. The Morgan fingerprint density at radius 2 is 1.74 bits per heavy atom. The van der Waals surface area contributed by atoms with E-state index in [1.165, 1.54) is 0 Å². The van der Waals surface area contributed by atoms with E-state index in [4.69, 9.17) is 9.47 Å². The molecule has 0 aliphatic heterocycles. The fourth-order valence-corrected chi connectivity index (χ4v) is 2.91. The quantitative estimate of drug-likeness (QED) is 0.724. The van der Waals surface area contributed by atoms with Crippen LogP contribution < -0.4 is 10.1 Å². The van der Waals surface area contributed by atoms with Gasteiger partial charge in [-0.15, -0.1) is 5.10 Å². The Bertz CT molecular complexity index is 928. The van der Waals surface area contributed by atoms with Gasteiger partial charge in [0.1, 0.15) is 11.4 Å². The number of anilines is 1. The number of aromatic nitrogens is 3. The van der Waals surface area contributed by atoms with Crippen LogP contribution in [-0.4, -0.2) is 35.1 Å². The van der Waals surface area contributed by atoms with Crippen LogP contribution in [0.4, 0.5) is 5.69 Å². The molecular weight excluding hydrogens is 344 g/mol. The van der Waals surface area contributed by atoms with Crippen LogP contribution in [0.15, 0.2) is 42.5 Å². The van der Waals surface area contributed by atoms with Gasteiger partial charge in [-0.3, -0.25) is 4.79 Å². The number of amides is 1. The minimum absolute atomic E-state index is 0.203. The SMILES string of the molecule is COCc1c(C(=O)Nc2cc(C)cc(C)c2)nnn1-c1ccc(OC)cc1. The molecule has 1 heterocycles. The minimum Gasteiger partial charge on any atom is -0.497 e. The molecule has 0 atom stereocenters. The van der Waals surface area contributed by atoms with Crippen LogP contribution in [0, 0.1) is 13.8 Å². The average Bonchev–Trinajstić information content (AvgIpc) is 3.05. The smallest absolute Gasteiger partial charge is 0.278 e. The van der Waals surface area contributed by atoms with E-state index in [0.29, 0.717) is 5.69 Å².